The molecule has 1 aliphatic heterocycles. The smallest absolute Gasteiger partial charge is 0.308 e. The van der Waals surface area contributed by atoms with E-state index >= 15 is 0 Å². The number of ether oxygens (including phenoxy) is 1. The summed E-state index contributed by atoms with van der Waals surface area (Å²) in [6, 6.07) is 14.3. The average Bonchev–Trinajstić information content (AvgIpc) is 3.41. The van der Waals surface area contributed by atoms with Crippen molar-refractivity contribution in [2.24, 2.45) is 27.8 Å². The molecule has 4 rings (SSSR count). The van der Waals surface area contributed by atoms with Gasteiger partial charge in [0.15, 0.2) is 0 Å². The minimum absolute atomic E-state index is 0.0131. The van der Waals surface area contributed by atoms with Gasteiger partial charge in [0.25, 0.3) is 5.69 Å². The van der Waals surface area contributed by atoms with Gasteiger partial charge in [-0.3, -0.25) is 58.1 Å². The van der Waals surface area contributed by atoms with Crippen LogP contribution in [0.5, 0.6) is 0 Å². The number of non-ortho nitro benzene ring substituents is 1. The summed E-state index contributed by atoms with van der Waals surface area (Å²) < 4.78 is 5.26. The van der Waals surface area contributed by atoms with E-state index in [1.807, 2.05) is 24.0 Å². The lowest BCUT2D eigenvalue weighted by Crippen LogP contribution is -2.61. The molecule has 0 radical (unpaired) electrons. The molecule has 0 spiro atoms. The molecule has 27 heteroatoms. The highest BCUT2D eigenvalue weighted by Gasteiger charge is 2.35. The van der Waals surface area contributed by atoms with Gasteiger partial charge in [0.05, 0.1) is 48.8 Å². The van der Waals surface area contributed by atoms with Crippen molar-refractivity contribution < 1.29 is 57.6 Å². The highest BCUT2D eigenvalue weighted by atomic mass is 16.6. The third-order valence-electron chi connectivity index (χ3n) is 11.9. The van der Waals surface area contributed by atoms with Crippen LogP contribution in [0.3, 0.4) is 0 Å². The van der Waals surface area contributed by atoms with E-state index in [-0.39, 0.29) is 31.0 Å². The number of esters is 1. The quantitative estimate of drug-likeness (QED) is 0.0175. The Bertz CT molecular complexity index is 2640. The van der Waals surface area contributed by atoms with Gasteiger partial charge in [-0.25, -0.2) is 0 Å². The Balaban J connectivity index is 1.42. The molecule has 1 saturated heterocycles. The first-order chi connectivity index (χ1) is 37.6. The normalized spacial score (nSPS) is 17.1. The number of hydrogen-bond donors (Lipinski definition) is 10. The van der Waals surface area contributed by atoms with Crippen LogP contribution in [0, 0.1) is 22.0 Å². The molecule has 0 unspecified atom stereocenters. The Labute approximate surface area is 456 Å². The van der Waals surface area contributed by atoms with E-state index in [2.05, 4.69) is 58.1 Å². The number of nitrogens with zero attached hydrogens (tertiary/aromatic N) is 4. The van der Waals surface area contributed by atoms with E-state index < -0.39 is 139 Å². The summed E-state index contributed by atoms with van der Waals surface area (Å²) in [4.78, 5) is 145. The van der Waals surface area contributed by atoms with E-state index in [0.29, 0.717) is 36.6 Å². The Kier molecular flexibility index (Phi) is 25.4. The Morgan fingerprint density at radius 2 is 1.47 bits per heavy atom. The standard InChI is InChI=1S/C52H70N14O13/c1-6-65(36-16-12-34(13-17-36)63-64-35-14-18-37(19-15-35)66(77)78)22-21-54-29-45(70)62-47(32(4)5)52(76)60-40-26-46(71)79-23-20-43(68)55-27-41(61-49(73)38(24-31(2)3)58-50(40)74)51(75)59-39(25-33-10-8-7-9-11-33)48(72)57-30-44(69)56-28-42(53)67/h7-19,31-32,38-41,47,54H,6,20-30H2,1-5H3,(H2,53,67)(H,55,68)(H,56,69)(H,57,72)(H,58,74)(H,59,75)(H,60,76)(H,61,73)(H,62,70)/t38-,39-,40-,41-,47-/m0/s1. The second kappa shape index (κ2) is 32.0. The second-order valence-corrected chi connectivity index (χ2v) is 19.0. The number of nitrogens with one attached hydrogen (secondary N) is 9. The van der Waals surface area contributed by atoms with Crippen molar-refractivity contribution >= 4 is 81.9 Å². The number of nitrogens with two attached hydrogens (primary N) is 1. The first-order valence-electron chi connectivity index (χ1n) is 25.6. The lowest BCUT2D eigenvalue weighted by atomic mass is 10.0. The molecule has 0 aliphatic carbocycles. The first kappa shape index (κ1) is 62.7. The zero-order valence-corrected chi connectivity index (χ0v) is 44.7. The zero-order chi connectivity index (χ0) is 58.0. The van der Waals surface area contributed by atoms with Crippen LogP contribution < -0.4 is 58.5 Å². The summed E-state index contributed by atoms with van der Waals surface area (Å²) in [7, 11) is 0. The van der Waals surface area contributed by atoms with Crippen LogP contribution in [-0.2, 0) is 59.1 Å². The summed E-state index contributed by atoms with van der Waals surface area (Å²) in [6.45, 7) is 8.02. The van der Waals surface area contributed by atoms with Crippen LogP contribution in [0.2, 0.25) is 0 Å². The molecule has 426 valence electrons. The van der Waals surface area contributed by atoms with Gasteiger partial charge in [-0.2, -0.15) is 10.2 Å². The maximum Gasteiger partial charge on any atom is 0.308 e. The van der Waals surface area contributed by atoms with Crippen molar-refractivity contribution in [3.8, 4) is 0 Å². The number of benzene rings is 3. The van der Waals surface area contributed by atoms with Crippen molar-refractivity contribution in [1.82, 2.24) is 47.9 Å². The number of hydrogen-bond acceptors (Lipinski definition) is 17. The fourth-order valence-electron chi connectivity index (χ4n) is 7.72. The van der Waals surface area contributed by atoms with Gasteiger partial charge in [0.1, 0.15) is 36.8 Å². The molecule has 27 nitrogen and oxygen atoms in total. The van der Waals surface area contributed by atoms with Gasteiger partial charge in [-0.05, 0) is 67.1 Å². The third kappa shape index (κ3) is 22.3. The molecule has 0 bridgehead atoms. The van der Waals surface area contributed by atoms with Gasteiger partial charge in [-0.1, -0.05) is 58.0 Å². The number of amides is 9. The average molecular weight is 1100 g/mol. The van der Waals surface area contributed by atoms with Gasteiger partial charge in [0.2, 0.25) is 53.2 Å². The van der Waals surface area contributed by atoms with Crippen LogP contribution in [0.15, 0.2) is 89.1 Å². The number of cyclic esters (lactones) is 1. The zero-order valence-electron chi connectivity index (χ0n) is 44.7. The van der Waals surface area contributed by atoms with E-state index in [9.17, 15) is 58.1 Å². The predicted octanol–water partition coefficient (Wildman–Crippen LogP) is -0.0342. The molecule has 0 saturated carbocycles. The minimum atomic E-state index is -1.65. The van der Waals surface area contributed by atoms with Gasteiger partial charge in [-0.15, -0.1) is 0 Å². The summed E-state index contributed by atoms with van der Waals surface area (Å²) in [5.41, 5.74) is 7.51. The number of nitro benzene ring substituents is 1. The van der Waals surface area contributed by atoms with Crippen LogP contribution in [0.4, 0.5) is 22.7 Å². The monoisotopic (exact) mass is 1100 g/mol. The number of carbonyl (C=O) groups excluding carboxylic acids is 10. The summed E-state index contributed by atoms with van der Waals surface area (Å²) in [5, 5.41) is 42.4. The molecule has 3 aromatic rings. The molecular formula is C52H70N14O13. The number of azo groups is 1. The molecule has 5 atom stereocenters. The van der Waals surface area contributed by atoms with Gasteiger partial charge >= 0.3 is 5.97 Å². The van der Waals surface area contributed by atoms with Crippen molar-refractivity contribution in [3.05, 3.63) is 94.5 Å². The van der Waals surface area contributed by atoms with E-state index in [4.69, 9.17) is 10.5 Å². The lowest BCUT2D eigenvalue weighted by molar-refractivity contribution is -0.384. The number of anilines is 1. The maximum atomic E-state index is 14.1. The highest BCUT2D eigenvalue weighted by Crippen LogP contribution is 2.24. The molecular weight excluding hydrogens is 1030 g/mol. The van der Waals surface area contributed by atoms with Crippen LogP contribution in [0.25, 0.3) is 0 Å². The molecule has 3 aromatic carbocycles. The SMILES string of the molecule is CCN(CCNCC(=O)N[C@H](C(=O)N[C@H]1CC(=O)OCCC(=O)NC[C@@H](C(=O)N[C@@H](Cc2ccccc2)C(=O)NCC(=O)NCC(N)=O)NC(=O)[C@H](CC(C)C)NC1=O)C(C)C)c1ccc(N=Nc2ccc([N+](=O)[O-])cc2)cc1. The summed E-state index contributed by atoms with van der Waals surface area (Å²) >= 11 is 0. The maximum absolute atomic E-state index is 14.1. The number of carbonyl (C=O) groups is 10. The molecule has 1 aliphatic rings. The van der Waals surface area contributed by atoms with Crippen LogP contribution >= 0.6 is 0 Å². The fourth-order valence-corrected chi connectivity index (χ4v) is 7.72. The van der Waals surface area contributed by atoms with E-state index in [1.54, 1.807) is 70.2 Å². The van der Waals surface area contributed by atoms with Crippen LogP contribution in [-0.4, -0.2) is 147 Å². The molecule has 11 N–H and O–H groups in total. The number of likely N-dealkylation sites (N-methyl/N-ethyl adjacent to an activating group) is 1. The largest absolute Gasteiger partial charge is 0.465 e. The molecule has 1 heterocycles. The minimum Gasteiger partial charge on any atom is -0.465 e. The summed E-state index contributed by atoms with van der Waals surface area (Å²) in [5.74, 6) is -9.01. The summed E-state index contributed by atoms with van der Waals surface area (Å²) in [6.07, 6.45) is -1.24. The number of nitro groups is 1. The van der Waals surface area contributed by atoms with Crippen LogP contribution in [0.1, 0.15) is 59.4 Å². The Hall–Kier alpha value is -8.88. The number of rotatable bonds is 25. The first-order valence-corrected chi connectivity index (χ1v) is 25.6. The predicted molar refractivity (Wildman–Crippen MR) is 287 cm³/mol. The molecule has 1 fully saturated rings. The topological polar surface area (TPSA) is 385 Å². The molecule has 9 amide bonds. The Morgan fingerprint density at radius 3 is 2.08 bits per heavy atom. The van der Waals surface area contributed by atoms with Gasteiger partial charge in [0, 0.05) is 50.4 Å². The molecule has 0 aromatic heterocycles. The number of primary amides is 1. The van der Waals surface area contributed by atoms with Gasteiger partial charge < -0.3 is 63.2 Å². The lowest BCUT2D eigenvalue weighted by Gasteiger charge is -2.28. The molecule has 79 heavy (non-hydrogen) atoms. The van der Waals surface area contributed by atoms with Crippen molar-refractivity contribution in [2.45, 2.75) is 90.5 Å². The van der Waals surface area contributed by atoms with Crippen molar-refractivity contribution in [1.29, 1.82) is 0 Å². The van der Waals surface area contributed by atoms with Crippen molar-refractivity contribution in [3.63, 3.8) is 0 Å². The highest BCUT2D eigenvalue weighted by molar-refractivity contribution is 5.98. The second-order valence-electron chi connectivity index (χ2n) is 19.0. The van der Waals surface area contributed by atoms with E-state index in [1.165, 1.54) is 24.3 Å². The van der Waals surface area contributed by atoms with Crippen molar-refractivity contribution in [2.75, 3.05) is 57.3 Å². The Morgan fingerprint density at radius 1 is 0.810 bits per heavy atom. The third-order valence-corrected chi connectivity index (χ3v) is 11.9. The van der Waals surface area contributed by atoms with E-state index in [0.717, 1.165) is 5.69 Å². The fraction of sp³-hybridized carbons (Fsp3) is 0.462.